The van der Waals surface area contributed by atoms with E-state index in [9.17, 15) is 0 Å². The largest absolute Gasteiger partial charge is 0.391 e. The Hall–Kier alpha value is -0.980. The van der Waals surface area contributed by atoms with E-state index in [-0.39, 0.29) is 6.10 Å². The van der Waals surface area contributed by atoms with Crippen LogP contribution < -0.4 is 5.73 Å². The molecule has 1 aliphatic heterocycles. The maximum atomic E-state index is 5.67. The molecular weight excluding hydrogens is 260 g/mol. The van der Waals surface area contributed by atoms with Crippen molar-refractivity contribution in [2.75, 3.05) is 19.7 Å². The molecule has 1 aromatic heterocycles. The van der Waals surface area contributed by atoms with Crippen molar-refractivity contribution in [3.05, 3.63) is 17.5 Å². The second-order valence-corrected chi connectivity index (χ2v) is 5.26. The Labute approximate surface area is 119 Å². The van der Waals surface area contributed by atoms with Crippen LogP contribution in [0.3, 0.4) is 0 Å². The molecule has 1 unspecified atom stereocenters. The third kappa shape index (κ3) is 3.52. The molecule has 6 heteroatoms. The number of rotatable bonds is 5. The van der Waals surface area contributed by atoms with Crippen LogP contribution in [0.2, 0.25) is 0 Å². The molecule has 2 heterocycles. The van der Waals surface area contributed by atoms with E-state index in [1.807, 2.05) is 0 Å². The van der Waals surface area contributed by atoms with E-state index in [1.165, 1.54) is 5.69 Å². The van der Waals surface area contributed by atoms with Gasteiger partial charge in [-0.1, -0.05) is 19.1 Å². The molecule has 0 saturated carbocycles. The molecule has 1 saturated heterocycles. The Balaban J connectivity index is 2.03. The highest BCUT2D eigenvalue weighted by Gasteiger charge is 2.23. The second kappa shape index (κ2) is 6.45. The maximum absolute atomic E-state index is 5.67. The molecule has 106 valence electrons. The van der Waals surface area contributed by atoms with Crippen molar-refractivity contribution in [3.63, 3.8) is 0 Å². The van der Waals surface area contributed by atoms with Crippen LogP contribution in [0.4, 0.5) is 0 Å². The first-order valence-electron chi connectivity index (χ1n) is 6.82. The van der Waals surface area contributed by atoms with Gasteiger partial charge in [0, 0.05) is 26.2 Å². The lowest BCUT2D eigenvalue weighted by atomic mass is 10.2. The smallest absolute Gasteiger partial charge is 0.120 e. The van der Waals surface area contributed by atoms with Gasteiger partial charge in [0.15, 0.2) is 0 Å². The Bertz CT molecular complexity index is 446. The number of ether oxygens (including phenoxy) is 1. The van der Waals surface area contributed by atoms with Gasteiger partial charge in [0.1, 0.15) is 11.1 Å². The van der Waals surface area contributed by atoms with Crippen molar-refractivity contribution >= 4 is 17.2 Å². The van der Waals surface area contributed by atoms with Gasteiger partial charge in [0.05, 0.1) is 18.0 Å². The fraction of sp³-hybridized carbons (Fsp3) is 0.692. The molecule has 0 bridgehead atoms. The number of thiocarbonyl (C=S) groups is 1. The highest BCUT2D eigenvalue weighted by molar-refractivity contribution is 7.80. The minimum atomic E-state index is -0.118. The Morgan fingerprint density at radius 3 is 3.00 bits per heavy atom. The summed E-state index contributed by atoms with van der Waals surface area (Å²) in [4.78, 5) is 2.78. The molecular formula is C13H22N4OS. The Morgan fingerprint density at radius 1 is 1.58 bits per heavy atom. The van der Waals surface area contributed by atoms with Gasteiger partial charge in [-0.15, -0.1) is 0 Å². The van der Waals surface area contributed by atoms with Crippen molar-refractivity contribution < 1.29 is 4.74 Å². The predicted molar refractivity (Wildman–Crippen MR) is 79.1 cm³/mol. The van der Waals surface area contributed by atoms with E-state index in [0.29, 0.717) is 11.6 Å². The molecule has 1 aliphatic rings. The first-order chi connectivity index (χ1) is 9.13. The number of nitrogens with zero attached hydrogens (tertiary/aromatic N) is 3. The highest BCUT2D eigenvalue weighted by atomic mass is 32.1. The summed E-state index contributed by atoms with van der Waals surface area (Å²) in [6.45, 7) is 8.39. The minimum Gasteiger partial charge on any atom is -0.391 e. The topological polar surface area (TPSA) is 56.3 Å². The van der Waals surface area contributed by atoms with Gasteiger partial charge in [-0.2, -0.15) is 5.10 Å². The van der Waals surface area contributed by atoms with Crippen molar-refractivity contribution in [3.8, 4) is 0 Å². The average Bonchev–Trinajstić information content (AvgIpc) is 2.81. The molecule has 0 aromatic carbocycles. The number of hydrogen-bond acceptors (Lipinski definition) is 4. The monoisotopic (exact) mass is 282 g/mol. The van der Waals surface area contributed by atoms with Gasteiger partial charge in [-0.25, -0.2) is 0 Å². The lowest BCUT2D eigenvalue weighted by molar-refractivity contribution is 0.00298. The highest BCUT2D eigenvalue weighted by Crippen LogP contribution is 2.13. The number of hydrogen-bond donors (Lipinski definition) is 1. The van der Waals surface area contributed by atoms with E-state index in [4.69, 9.17) is 22.7 Å². The van der Waals surface area contributed by atoms with Gasteiger partial charge in [-0.05, 0) is 19.4 Å². The molecule has 5 nitrogen and oxygen atoms in total. The molecule has 0 radical (unpaired) electrons. The summed E-state index contributed by atoms with van der Waals surface area (Å²) in [7, 11) is 0. The summed E-state index contributed by atoms with van der Waals surface area (Å²) in [5.74, 6) is 0. The fourth-order valence-corrected chi connectivity index (χ4v) is 2.48. The Morgan fingerprint density at radius 2 is 2.37 bits per heavy atom. The molecule has 2 rings (SSSR count). The summed E-state index contributed by atoms with van der Waals surface area (Å²) in [6, 6.07) is 2.19. The van der Waals surface area contributed by atoms with Crippen LogP contribution >= 0.6 is 12.2 Å². The van der Waals surface area contributed by atoms with Crippen molar-refractivity contribution in [2.24, 2.45) is 5.73 Å². The lowest BCUT2D eigenvalue weighted by Gasteiger charge is -2.32. The quantitative estimate of drug-likeness (QED) is 0.815. The number of morpholine rings is 1. The van der Waals surface area contributed by atoms with E-state index in [2.05, 4.69) is 34.6 Å². The molecule has 0 aliphatic carbocycles. The third-order valence-corrected chi connectivity index (χ3v) is 3.69. The molecule has 2 N–H and O–H groups in total. The average molecular weight is 282 g/mol. The lowest BCUT2D eigenvalue weighted by Crippen LogP contribution is -2.47. The molecule has 0 spiro atoms. The van der Waals surface area contributed by atoms with E-state index in [1.54, 1.807) is 0 Å². The van der Waals surface area contributed by atoms with Crippen LogP contribution in [-0.2, 0) is 24.2 Å². The third-order valence-electron chi connectivity index (χ3n) is 3.43. The minimum absolute atomic E-state index is 0.118. The second-order valence-electron chi connectivity index (χ2n) is 4.79. The SMILES string of the molecule is CCc1cc(CN2CCOC(C(N)=S)C2)n(CC)n1. The van der Waals surface area contributed by atoms with Gasteiger partial charge in [-0.3, -0.25) is 9.58 Å². The van der Waals surface area contributed by atoms with Gasteiger partial charge >= 0.3 is 0 Å². The molecule has 0 amide bonds. The molecule has 1 aromatic rings. The molecule has 1 fully saturated rings. The maximum Gasteiger partial charge on any atom is 0.120 e. The summed E-state index contributed by atoms with van der Waals surface area (Å²) < 4.78 is 7.63. The van der Waals surface area contributed by atoms with E-state index in [0.717, 1.165) is 38.3 Å². The van der Waals surface area contributed by atoms with Crippen molar-refractivity contribution in [1.29, 1.82) is 0 Å². The van der Waals surface area contributed by atoms with Crippen LogP contribution in [0.1, 0.15) is 25.2 Å². The summed E-state index contributed by atoms with van der Waals surface area (Å²) in [6.07, 6.45) is 0.853. The van der Waals surface area contributed by atoms with Gasteiger partial charge < -0.3 is 10.5 Å². The first-order valence-corrected chi connectivity index (χ1v) is 7.23. The van der Waals surface area contributed by atoms with Crippen LogP contribution in [0.25, 0.3) is 0 Å². The molecule has 19 heavy (non-hydrogen) atoms. The Kier molecular flexibility index (Phi) is 4.90. The normalized spacial score (nSPS) is 20.6. The first kappa shape index (κ1) is 14.4. The number of aryl methyl sites for hydroxylation is 2. The van der Waals surface area contributed by atoms with Crippen LogP contribution in [0.15, 0.2) is 6.07 Å². The standard InChI is InChI=1S/C13H22N4OS/c1-3-10-7-11(17(4-2)15-10)8-16-5-6-18-12(9-16)13(14)19/h7,12H,3-6,8-9H2,1-2H3,(H2,14,19). The van der Waals surface area contributed by atoms with Crippen molar-refractivity contribution in [1.82, 2.24) is 14.7 Å². The van der Waals surface area contributed by atoms with E-state index < -0.39 is 0 Å². The predicted octanol–water partition coefficient (Wildman–Crippen LogP) is 0.952. The summed E-state index contributed by atoms with van der Waals surface area (Å²) in [5.41, 5.74) is 8.07. The van der Waals surface area contributed by atoms with E-state index >= 15 is 0 Å². The van der Waals surface area contributed by atoms with Crippen LogP contribution in [0.5, 0.6) is 0 Å². The summed E-state index contributed by atoms with van der Waals surface area (Å²) in [5, 5.41) is 4.58. The number of aromatic nitrogens is 2. The van der Waals surface area contributed by atoms with Gasteiger partial charge in [0.25, 0.3) is 0 Å². The van der Waals surface area contributed by atoms with Crippen molar-refractivity contribution in [2.45, 2.75) is 39.5 Å². The summed E-state index contributed by atoms with van der Waals surface area (Å²) >= 11 is 5.01. The zero-order chi connectivity index (χ0) is 13.8. The zero-order valence-corrected chi connectivity index (χ0v) is 12.4. The fourth-order valence-electron chi connectivity index (χ4n) is 2.34. The zero-order valence-electron chi connectivity index (χ0n) is 11.6. The number of nitrogens with two attached hydrogens (primary N) is 1. The van der Waals surface area contributed by atoms with Crippen LogP contribution in [-0.4, -0.2) is 45.5 Å². The molecule has 1 atom stereocenters. The van der Waals surface area contributed by atoms with Crippen LogP contribution in [0, 0.1) is 0 Å². The van der Waals surface area contributed by atoms with Gasteiger partial charge in [0.2, 0.25) is 0 Å².